The quantitative estimate of drug-likeness (QED) is 0.834. The molecule has 0 radical (unpaired) electrons. The lowest BCUT2D eigenvalue weighted by molar-refractivity contribution is -0.162. The van der Waals surface area contributed by atoms with Crippen molar-refractivity contribution in [2.75, 3.05) is 11.9 Å². The van der Waals surface area contributed by atoms with Crippen LogP contribution in [0.2, 0.25) is 0 Å². The van der Waals surface area contributed by atoms with Crippen LogP contribution in [0.15, 0.2) is 18.2 Å². The molecular weight excluding hydrogens is 276 g/mol. The Morgan fingerprint density at radius 1 is 1.05 bits per heavy atom. The van der Waals surface area contributed by atoms with Crippen molar-refractivity contribution in [1.82, 2.24) is 0 Å². The molecule has 2 nitrogen and oxygen atoms in total. The number of halogens is 6. The van der Waals surface area contributed by atoms with Gasteiger partial charge in [-0.15, -0.1) is 0 Å². The van der Waals surface area contributed by atoms with Crippen molar-refractivity contribution in [3.05, 3.63) is 29.3 Å². The molecule has 1 atom stereocenters. The van der Waals surface area contributed by atoms with E-state index in [1.807, 2.05) is 0 Å². The topological polar surface area (TPSA) is 32.3 Å². The number of hydrogen-bond acceptors (Lipinski definition) is 2. The van der Waals surface area contributed by atoms with Crippen LogP contribution in [0.5, 0.6) is 0 Å². The van der Waals surface area contributed by atoms with Crippen LogP contribution in [0.1, 0.15) is 18.1 Å². The summed E-state index contributed by atoms with van der Waals surface area (Å²) >= 11 is 0. The fraction of sp³-hybridized carbons (Fsp3) is 0.455. The van der Waals surface area contributed by atoms with Crippen LogP contribution < -0.4 is 5.32 Å². The summed E-state index contributed by atoms with van der Waals surface area (Å²) in [7, 11) is 0. The minimum atomic E-state index is -5.11. The molecule has 1 unspecified atom stereocenters. The minimum Gasteiger partial charge on any atom is -0.394 e. The predicted molar refractivity (Wildman–Crippen MR) is 56.6 cm³/mol. The van der Waals surface area contributed by atoms with E-state index in [1.165, 1.54) is 6.92 Å². The molecule has 0 bridgehead atoms. The first kappa shape index (κ1) is 15.6. The number of aliphatic hydroxyl groups is 1. The maximum Gasteiger partial charge on any atom is 0.417 e. The molecule has 0 saturated carbocycles. The highest BCUT2D eigenvalue weighted by atomic mass is 19.4. The smallest absolute Gasteiger partial charge is 0.394 e. The van der Waals surface area contributed by atoms with Crippen molar-refractivity contribution < 1.29 is 31.4 Å². The first-order valence-corrected chi connectivity index (χ1v) is 5.21. The Kier molecular flexibility index (Phi) is 4.34. The zero-order valence-corrected chi connectivity index (χ0v) is 9.73. The van der Waals surface area contributed by atoms with Gasteiger partial charge in [0.05, 0.1) is 17.7 Å². The Balaban J connectivity index is 3.24. The van der Waals surface area contributed by atoms with Gasteiger partial charge in [-0.2, -0.15) is 26.3 Å². The maximum absolute atomic E-state index is 12.6. The largest absolute Gasteiger partial charge is 0.417 e. The predicted octanol–water partition coefficient (Wildman–Crippen LogP) is 3.52. The third kappa shape index (κ3) is 4.02. The van der Waals surface area contributed by atoms with Gasteiger partial charge >= 0.3 is 12.4 Å². The zero-order valence-electron chi connectivity index (χ0n) is 9.73. The van der Waals surface area contributed by atoms with Crippen molar-refractivity contribution in [2.45, 2.75) is 25.3 Å². The average Bonchev–Trinajstić information content (AvgIpc) is 2.26. The van der Waals surface area contributed by atoms with Crippen LogP contribution in [0, 0.1) is 0 Å². The van der Waals surface area contributed by atoms with Gasteiger partial charge in [0, 0.05) is 11.7 Å². The molecule has 8 heteroatoms. The monoisotopic (exact) mass is 287 g/mol. The van der Waals surface area contributed by atoms with E-state index in [4.69, 9.17) is 5.11 Å². The Morgan fingerprint density at radius 2 is 1.58 bits per heavy atom. The van der Waals surface area contributed by atoms with Crippen LogP contribution in [0.25, 0.3) is 0 Å². The summed E-state index contributed by atoms with van der Waals surface area (Å²) in [5, 5.41) is 11.2. The second kappa shape index (κ2) is 5.28. The summed E-state index contributed by atoms with van der Waals surface area (Å²) in [6, 6.07) is 1.08. The SMILES string of the molecule is CC(CO)Nc1ccc(C(F)(F)F)c(C(F)(F)F)c1. The summed E-state index contributed by atoms with van der Waals surface area (Å²) in [4.78, 5) is 0. The number of hydrogen-bond donors (Lipinski definition) is 2. The number of rotatable bonds is 3. The molecule has 0 amide bonds. The standard InChI is InChI=1S/C11H11F6NO/c1-6(5-19)18-7-2-3-8(10(12,13)14)9(4-7)11(15,16)17/h2-4,6,18-19H,5H2,1H3. The minimum absolute atomic E-state index is 0.137. The Bertz CT molecular complexity index is 440. The van der Waals surface area contributed by atoms with E-state index >= 15 is 0 Å². The van der Waals surface area contributed by atoms with Crippen molar-refractivity contribution in [1.29, 1.82) is 0 Å². The number of alkyl halides is 6. The molecule has 0 aliphatic heterocycles. The van der Waals surface area contributed by atoms with Crippen LogP contribution in [0.3, 0.4) is 0 Å². The maximum atomic E-state index is 12.6. The highest BCUT2D eigenvalue weighted by Crippen LogP contribution is 2.41. The van der Waals surface area contributed by atoms with Crippen LogP contribution in [-0.2, 0) is 12.4 Å². The lowest BCUT2D eigenvalue weighted by Crippen LogP contribution is -2.21. The first-order valence-electron chi connectivity index (χ1n) is 5.21. The van der Waals surface area contributed by atoms with E-state index in [1.54, 1.807) is 0 Å². The number of aliphatic hydroxyl groups excluding tert-OH is 1. The number of nitrogens with one attached hydrogen (secondary N) is 1. The van der Waals surface area contributed by atoms with Crippen molar-refractivity contribution >= 4 is 5.69 Å². The van der Waals surface area contributed by atoms with Gasteiger partial charge in [-0.05, 0) is 25.1 Å². The second-order valence-corrected chi connectivity index (χ2v) is 3.98. The van der Waals surface area contributed by atoms with Gasteiger partial charge in [0.1, 0.15) is 0 Å². The normalized spacial score (nSPS) is 14.3. The first-order chi connectivity index (χ1) is 8.55. The second-order valence-electron chi connectivity index (χ2n) is 3.98. The van der Waals surface area contributed by atoms with Crippen LogP contribution in [-0.4, -0.2) is 17.8 Å². The number of anilines is 1. The Morgan fingerprint density at radius 3 is 2.00 bits per heavy atom. The van der Waals surface area contributed by atoms with Crippen LogP contribution in [0.4, 0.5) is 32.0 Å². The molecule has 108 valence electrons. The fourth-order valence-electron chi connectivity index (χ4n) is 1.45. The molecule has 0 spiro atoms. The van der Waals surface area contributed by atoms with Crippen molar-refractivity contribution in [3.8, 4) is 0 Å². The molecule has 1 aromatic carbocycles. The molecule has 1 aromatic rings. The van der Waals surface area contributed by atoms with Gasteiger partial charge in [-0.1, -0.05) is 0 Å². The third-order valence-electron chi connectivity index (χ3n) is 2.32. The molecule has 19 heavy (non-hydrogen) atoms. The number of benzene rings is 1. The Hall–Kier alpha value is -1.44. The summed E-state index contributed by atoms with van der Waals surface area (Å²) in [5.74, 6) is 0. The van der Waals surface area contributed by atoms with E-state index in [2.05, 4.69) is 5.32 Å². The molecule has 1 rings (SSSR count). The van der Waals surface area contributed by atoms with Crippen molar-refractivity contribution in [3.63, 3.8) is 0 Å². The van der Waals surface area contributed by atoms with Gasteiger partial charge < -0.3 is 10.4 Å². The van der Waals surface area contributed by atoms with Crippen molar-refractivity contribution in [2.24, 2.45) is 0 Å². The molecule has 0 aliphatic rings. The lowest BCUT2D eigenvalue weighted by Gasteiger charge is -2.18. The summed E-state index contributed by atoms with van der Waals surface area (Å²) in [6.07, 6.45) is -10.2. The zero-order chi connectivity index (χ0) is 14.8. The highest BCUT2D eigenvalue weighted by molar-refractivity contribution is 5.51. The molecule has 0 fully saturated rings. The van der Waals surface area contributed by atoms with E-state index in [0.29, 0.717) is 12.1 Å². The average molecular weight is 287 g/mol. The molecule has 0 aromatic heterocycles. The van der Waals surface area contributed by atoms with E-state index < -0.39 is 29.5 Å². The summed E-state index contributed by atoms with van der Waals surface area (Å²) < 4.78 is 75.2. The highest BCUT2D eigenvalue weighted by Gasteiger charge is 2.43. The summed E-state index contributed by atoms with van der Waals surface area (Å²) in [5.41, 5.74) is -3.63. The summed E-state index contributed by atoms with van der Waals surface area (Å²) in [6.45, 7) is 1.12. The lowest BCUT2D eigenvalue weighted by atomic mass is 10.1. The third-order valence-corrected chi connectivity index (χ3v) is 2.32. The van der Waals surface area contributed by atoms with Crippen LogP contribution >= 0.6 is 0 Å². The van der Waals surface area contributed by atoms with Gasteiger partial charge in [0.25, 0.3) is 0 Å². The molecule has 2 N–H and O–H groups in total. The Labute approximate surface area is 105 Å². The van der Waals surface area contributed by atoms with Gasteiger partial charge in [-0.3, -0.25) is 0 Å². The van der Waals surface area contributed by atoms with Gasteiger partial charge in [-0.25, -0.2) is 0 Å². The molecule has 0 saturated heterocycles. The molecular formula is C11H11F6NO. The molecule has 0 heterocycles. The van der Waals surface area contributed by atoms with E-state index in [0.717, 1.165) is 6.07 Å². The van der Waals surface area contributed by atoms with Gasteiger partial charge in [0.15, 0.2) is 0 Å². The van der Waals surface area contributed by atoms with E-state index in [-0.39, 0.29) is 12.3 Å². The van der Waals surface area contributed by atoms with E-state index in [9.17, 15) is 26.3 Å². The fourth-order valence-corrected chi connectivity index (χ4v) is 1.45. The van der Waals surface area contributed by atoms with Gasteiger partial charge in [0.2, 0.25) is 0 Å². The molecule has 0 aliphatic carbocycles.